The third kappa shape index (κ3) is 4.24. The van der Waals surface area contributed by atoms with Crippen molar-refractivity contribution in [2.24, 2.45) is 0 Å². The molecule has 0 aliphatic heterocycles. The Balaban J connectivity index is 2.90. The van der Waals surface area contributed by atoms with E-state index < -0.39 is 0 Å². The molecule has 0 saturated carbocycles. The topological polar surface area (TPSA) is 30.5 Å². The molecule has 0 heterocycles. The van der Waals surface area contributed by atoms with Crippen molar-refractivity contribution in [3.05, 3.63) is 28.8 Å². The molecule has 18 heavy (non-hydrogen) atoms. The van der Waals surface area contributed by atoms with Crippen LogP contribution in [0.15, 0.2) is 18.2 Å². The minimum atomic E-state index is 0.562. The van der Waals surface area contributed by atoms with Gasteiger partial charge in [0.05, 0.1) is 18.7 Å². The van der Waals surface area contributed by atoms with Gasteiger partial charge in [0.15, 0.2) is 11.5 Å². The van der Waals surface area contributed by atoms with E-state index in [4.69, 9.17) is 21.1 Å². The molecule has 0 unspecified atom stereocenters. The molecule has 1 aromatic rings. The maximum absolute atomic E-state index is 6.16. The van der Waals surface area contributed by atoms with Crippen molar-refractivity contribution in [3.8, 4) is 11.5 Å². The normalized spacial score (nSPS) is 10.9. The minimum Gasteiger partial charge on any atom is -0.491 e. The first kappa shape index (κ1) is 14.9. The molecule has 0 spiro atoms. The number of ether oxygens (including phenoxy) is 2. The average molecular weight is 270 g/mol. The molecule has 0 amide bonds. The maximum Gasteiger partial charge on any atom is 0.179 e. The third-order valence-electron chi connectivity index (χ3n) is 2.36. The monoisotopic (exact) mass is 269 g/mol. The molecule has 0 radical (unpaired) electrons. The van der Waals surface area contributed by atoms with Gasteiger partial charge in [0.25, 0.3) is 0 Å². The Kier molecular flexibility index (Phi) is 6.61. The van der Waals surface area contributed by atoms with Crippen molar-refractivity contribution in [1.29, 1.82) is 0 Å². The van der Waals surface area contributed by atoms with E-state index in [0.717, 1.165) is 18.7 Å². The van der Waals surface area contributed by atoms with Crippen LogP contribution < -0.4 is 14.8 Å². The number of likely N-dealkylation sites (N-methyl/N-ethyl adjacent to an activating group) is 1. The van der Waals surface area contributed by atoms with Crippen LogP contribution in [0.3, 0.4) is 0 Å². The van der Waals surface area contributed by atoms with Gasteiger partial charge in [-0.1, -0.05) is 30.7 Å². The summed E-state index contributed by atoms with van der Waals surface area (Å²) in [5.74, 6) is 1.26. The van der Waals surface area contributed by atoms with Crippen LogP contribution in [0, 0.1) is 0 Å². The molecule has 100 valence electrons. The summed E-state index contributed by atoms with van der Waals surface area (Å²) < 4.78 is 10.8. The van der Waals surface area contributed by atoms with Crippen molar-refractivity contribution in [1.82, 2.24) is 5.32 Å². The Bertz CT molecular complexity index is 405. The van der Waals surface area contributed by atoms with Crippen molar-refractivity contribution >= 4 is 17.7 Å². The van der Waals surface area contributed by atoms with Crippen LogP contribution in [-0.4, -0.2) is 26.8 Å². The van der Waals surface area contributed by atoms with Crippen LogP contribution in [-0.2, 0) is 0 Å². The fourth-order valence-electron chi connectivity index (χ4n) is 1.57. The zero-order valence-corrected chi connectivity index (χ0v) is 11.9. The Morgan fingerprint density at radius 1 is 1.33 bits per heavy atom. The molecular weight excluding hydrogens is 250 g/mol. The molecule has 0 saturated heterocycles. The largest absolute Gasteiger partial charge is 0.491 e. The lowest BCUT2D eigenvalue weighted by Gasteiger charge is -2.11. The molecule has 0 bridgehead atoms. The Morgan fingerprint density at radius 3 is 2.72 bits per heavy atom. The highest BCUT2D eigenvalue weighted by Crippen LogP contribution is 2.36. The van der Waals surface area contributed by atoms with E-state index in [-0.39, 0.29) is 0 Å². The van der Waals surface area contributed by atoms with Crippen LogP contribution in [0.25, 0.3) is 6.08 Å². The van der Waals surface area contributed by atoms with E-state index in [0.29, 0.717) is 23.1 Å². The molecule has 1 rings (SSSR count). The summed E-state index contributed by atoms with van der Waals surface area (Å²) in [6.45, 7) is 6.38. The molecule has 0 atom stereocenters. The van der Waals surface area contributed by atoms with Crippen LogP contribution in [0.1, 0.15) is 19.4 Å². The number of methoxy groups -OCH3 is 1. The van der Waals surface area contributed by atoms with Crippen molar-refractivity contribution in [2.75, 3.05) is 26.8 Å². The summed E-state index contributed by atoms with van der Waals surface area (Å²) in [7, 11) is 1.59. The van der Waals surface area contributed by atoms with Gasteiger partial charge < -0.3 is 14.8 Å². The van der Waals surface area contributed by atoms with Gasteiger partial charge >= 0.3 is 0 Å². The number of rotatable bonds is 7. The molecule has 0 aliphatic carbocycles. The fourth-order valence-corrected chi connectivity index (χ4v) is 1.86. The molecule has 1 aromatic carbocycles. The van der Waals surface area contributed by atoms with E-state index >= 15 is 0 Å². The van der Waals surface area contributed by atoms with Crippen LogP contribution >= 0.6 is 11.6 Å². The van der Waals surface area contributed by atoms with Gasteiger partial charge in [-0.25, -0.2) is 0 Å². The Labute approximate surface area is 114 Å². The molecular formula is C14H20ClNO2. The summed E-state index contributed by atoms with van der Waals surface area (Å²) in [6.07, 6.45) is 4.06. The fraction of sp³-hybridized carbons (Fsp3) is 0.429. The number of nitrogens with one attached hydrogen (secondary N) is 1. The van der Waals surface area contributed by atoms with E-state index in [1.54, 1.807) is 7.11 Å². The first-order valence-electron chi connectivity index (χ1n) is 6.10. The molecule has 3 nitrogen and oxygen atoms in total. The first-order chi connectivity index (χ1) is 8.72. The second-order valence-electron chi connectivity index (χ2n) is 3.68. The average Bonchev–Trinajstić information content (AvgIpc) is 2.35. The summed E-state index contributed by atoms with van der Waals surface area (Å²) >= 11 is 6.16. The van der Waals surface area contributed by atoms with Gasteiger partial charge in [0, 0.05) is 6.54 Å². The Hall–Kier alpha value is -1.19. The van der Waals surface area contributed by atoms with Crippen molar-refractivity contribution in [2.45, 2.75) is 13.8 Å². The Morgan fingerprint density at radius 2 is 2.11 bits per heavy atom. The summed E-state index contributed by atoms with van der Waals surface area (Å²) in [6, 6.07) is 3.79. The number of halogens is 1. The second-order valence-corrected chi connectivity index (χ2v) is 4.08. The predicted octanol–water partition coefficient (Wildman–Crippen LogP) is 3.37. The summed E-state index contributed by atoms with van der Waals surface area (Å²) in [5, 5.41) is 3.78. The van der Waals surface area contributed by atoms with Gasteiger partial charge in [0.2, 0.25) is 0 Å². The zero-order valence-electron chi connectivity index (χ0n) is 11.1. The van der Waals surface area contributed by atoms with Gasteiger partial charge in [-0.3, -0.25) is 0 Å². The quantitative estimate of drug-likeness (QED) is 0.770. The highest BCUT2D eigenvalue weighted by molar-refractivity contribution is 6.32. The van der Waals surface area contributed by atoms with Crippen LogP contribution in [0.4, 0.5) is 0 Å². The second kappa shape index (κ2) is 8.01. The molecule has 1 N–H and O–H groups in total. The van der Waals surface area contributed by atoms with E-state index in [9.17, 15) is 0 Å². The van der Waals surface area contributed by atoms with Gasteiger partial charge in [-0.2, -0.15) is 0 Å². The number of benzene rings is 1. The summed E-state index contributed by atoms with van der Waals surface area (Å²) in [4.78, 5) is 0. The lowest BCUT2D eigenvalue weighted by atomic mass is 10.2. The molecule has 0 fully saturated rings. The van der Waals surface area contributed by atoms with E-state index in [1.165, 1.54) is 0 Å². The molecule has 0 aliphatic rings. The maximum atomic E-state index is 6.16. The van der Waals surface area contributed by atoms with Gasteiger partial charge in [-0.05, 0) is 31.2 Å². The van der Waals surface area contributed by atoms with Crippen molar-refractivity contribution < 1.29 is 9.47 Å². The SMILES string of the molecule is CCNCC=Cc1cc(Cl)c(OC)c(OCC)c1. The van der Waals surface area contributed by atoms with Gasteiger partial charge in [0.1, 0.15) is 0 Å². The predicted molar refractivity (Wildman–Crippen MR) is 76.8 cm³/mol. The third-order valence-corrected chi connectivity index (χ3v) is 2.64. The highest BCUT2D eigenvalue weighted by atomic mass is 35.5. The van der Waals surface area contributed by atoms with Crippen molar-refractivity contribution in [3.63, 3.8) is 0 Å². The molecule has 0 aromatic heterocycles. The van der Waals surface area contributed by atoms with Crippen LogP contribution in [0.2, 0.25) is 5.02 Å². The minimum absolute atomic E-state index is 0.562. The number of hydrogen-bond acceptors (Lipinski definition) is 3. The smallest absolute Gasteiger partial charge is 0.179 e. The van der Waals surface area contributed by atoms with Gasteiger partial charge in [-0.15, -0.1) is 0 Å². The van der Waals surface area contributed by atoms with E-state index in [2.05, 4.69) is 18.3 Å². The van der Waals surface area contributed by atoms with Crippen LogP contribution in [0.5, 0.6) is 11.5 Å². The standard InChI is InChI=1S/C14H20ClNO2/c1-4-16-8-6-7-11-9-12(15)14(17-3)13(10-11)18-5-2/h6-7,9-10,16H,4-5,8H2,1-3H3. The zero-order chi connectivity index (χ0) is 13.4. The van der Waals surface area contributed by atoms with E-state index in [1.807, 2.05) is 25.1 Å². The molecule has 4 heteroatoms. The lowest BCUT2D eigenvalue weighted by Crippen LogP contribution is -2.11. The first-order valence-corrected chi connectivity index (χ1v) is 6.48. The summed E-state index contributed by atoms with van der Waals surface area (Å²) in [5.41, 5.74) is 1.00. The number of hydrogen-bond donors (Lipinski definition) is 1. The highest BCUT2D eigenvalue weighted by Gasteiger charge is 2.10. The lowest BCUT2D eigenvalue weighted by molar-refractivity contribution is 0.311.